The Hall–Kier alpha value is -2.48. The van der Waals surface area contributed by atoms with E-state index in [1.165, 1.54) is 0 Å². The molecule has 0 bridgehead atoms. The van der Waals surface area contributed by atoms with E-state index < -0.39 is 0 Å². The van der Waals surface area contributed by atoms with Crippen molar-refractivity contribution >= 4 is 17.7 Å². The van der Waals surface area contributed by atoms with Gasteiger partial charge in [-0.25, -0.2) is 0 Å². The average Bonchev–Trinajstić information content (AvgIpc) is 2.84. The Labute approximate surface area is 184 Å². The van der Waals surface area contributed by atoms with Crippen molar-refractivity contribution < 1.29 is 19.1 Å². The zero-order chi connectivity index (χ0) is 22.2. The number of nitrogens with one attached hydrogen (secondary N) is 1. The maximum absolute atomic E-state index is 13.1. The monoisotopic (exact) mass is 430 g/mol. The van der Waals surface area contributed by atoms with Crippen molar-refractivity contribution in [3.05, 3.63) is 30.1 Å². The smallest absolute Gasteiger partial charge is 0.226 e. The number of amides is 3. The van der Waals surface area contributed by atoms with Crippen molar-refractivity contribution in [1.82, 2.24) is 20.1 Å². The quantitative estimate of drug-likeness (QED) is 0.766. The highest BCUT2D eigenvalue weighted by molar-refractivity contribution is 5.86. The first-order valence-electron chi connectivity index (χ1n) is 11.2. The first-order valence-corrected chi connectivity index (χ1v) is 11.2. The van der Waals surface area contributed by atoms with Gasteiger partial charge in [-0.2, -0.15) is 0 Å². The Balaban J connectivity index is 1.58. The van der Waals surface area contributed by atoms with Crippen LogP contribution in [0.3, 0.4) is 0 Å². The number of nitrogens with zero attached hydrogens (tertiary/aromatic N) is 3. The van der Waals surface area contributed by atoms with Crippen molar-refractivity contribution in [2.24, 2.45) is 11.8 Å². The second-order valence-corrected chi connectivity index (χ2v) is 8.75. The van der Waals surface area contributed by atoms with Crippen molar-refractivity contribution in [3.63, 3.8) is 0 Å². The van der Waals surface area contributed by atoms with Crippen molar-refractivity contribution in [2.75, 3.05) is 33.9 Å². The van der Waals surface area contributed by atoms with Crippen LogP contribution in [0, 0.1) is 11.8 Å². The molecule has 0 radical (unpaired) electrons. The molecule has 31 heavy (non-hydrogen) atoms. The van der Waals surface area contributed by atoms with E-state index in [0.717, 1.165) is 31.2 Å². The van der Waals surface area contributed by atoms with Crippen molar-refractivity contribution in [2.45, 2.75) is 51.1 Å². The van der Waals surface area contributed by atoms with E-state index in [1.54, 1.807) is 36.3 Å². The Morgan fingerprint density at radius 2 is 2.00 bits per heavy atom. The predicted octanol–water partition coefficient (Wildman–Crippen LogP) is 1.60. The third kappa shape index (κ3) is 6.75. The van der Waals surface area contributed by atoms with E-state index in [1.807, 2.05) is 12.1 Å². The summed E-state index contributed by atoms with van der Waals surface area (Å²) in [6.45, 7) is 2.19. The van der Waals surface area contributed by atoms with Crippen molar-refractivity contribution in [1.29, 1.82) is 0 Å². The number of hydrogen-bond acceptors (Lipinski definition) is 5. The van der Waals surface area contributed by atoms with Crippen LogP contribution in [-0.2, 0) is 25.7 Å². The molecule has 8 nitrogen and oxygen atoms in total. The molecule has 0 aliphatic carbocycles. The van der Waals surface area contributed by atoms with Crippen LogP contribution in [0.1, 0.15) is 44.1 Å². The summed E-state index contributed by atoms with van der Waals surface area (Å²) in [6, 6.07) is 3.69. The Bertz CT molecular complexity index is 751. The van der Waals surface area contributed by atoms with Gasteiger partial charge in [0.25, 0.3) is 0 Å². The predicted molar refractivity (Wildman–Crippen MR) is 116 cm³/mol. The van der Waals surface area contributed by atoms with Crippen LogP contribution in [-0.4, -0.2) is 72.4 Å². The van der Waals surface area contributed by atoms with Gasteiger partial charge in [0.1, 0.15) is 0 Å². The SMILES string of the molecule is CN1C[C@H](NC(=O)C2CCOCC2)CCC[C@@H](C(=O)N(C)Cc2cccnc2)CC1=O. The summed E-state index contributed by atoms with van der Waals surface area (Å²) < 4.78 is 5.34. The molecule has 2 aliphatic heterocycles. The van der Waals surface area contributed by atoms with Crippen LogP contribution < -0.4 is 5.32 Å². The molecule has 3 amide bonds. The summed E-state index contributed by atoms with van der Waals surface area (Å²) in [5.74, 6) is -0.382. The molecule has 170 valence electrons. The highest BCUT2D eigenvalue weighted by Gasteiger charge is 2.30. The van der Waals surface area contributed by atoms with Crippen LogP contribution in [0.25, 0.3) is 0 Å². The molecule has 3 heterocycles. The largest absolute Gasteiger partial charge is 0.381 e. The molecule has 0 spiro atoms. The van der Waals surface area contributed by atoms with Crippen LogP contribution >= 0.6 is 0 Å². The molecule has 0 unspecified atom stereocenters. The standard InChI is InChI=1S/C23H34N4O4/c1-26-16-20(25-22(29)18-8-11-31-12-9-18)7-3-6-19(13-21(26)28)23(30)27(2)15-17-5-4-10-24-14-17/h4-5,10,14,18-20H,3,6-9,11-13,15-16H2,1-2H3,(H,25,29)/t19-,20-/m1/s1. The lowest BCUT2D eigenvalue weighted by Gasteiger charge is -2.27. The van der Waals surface area contributed by atoms with Crippen LogP contribution in [0.2, 0.25) is 0 Å². The second-order valence-electron chi connectivity index (χ2n) is 8.75. The number of carbonyl (C=O) groups is 3. The molecule has 1 aromatic heterocycles. The number of pyridine rings is 1. The Morgan fingerprint density at radius 3 is 2.71 bits per heavy atom. The molecule has 0 saturated carbocycles. The number of ether oxygens (including phenoxy) is 1. The van der Waals surface area contributed by atoms with Gasteiger partial charge in [-0.1, -0.05) is 12.5 Å². The lowest BCUT2D eigenvalue weighted by Crippen LogP contribution is -2.46. The minimum absolute atomic E-state index is 0.0159. The lowest BCUT2D eigenvalue weighted by atomic mass is 9.95. The van der Waals surface area contributed by atoms with E-state index in [-0.39, 0.29) is 42.0 Å². The van der Waals surface area contributed by atoms with E-state index in [4.69, 9.17) is 4.74 Å². The van der Waals surface area contributed by atoms with E-state index >= 15 is 0 Å². The molecular weight excluding hydrogens is 396 g/mol. The fraction of sp³-hybridized carbons (Fsp3) is 0.652. The molecule has 2 aliphatic rings. The first kappa shape index (κ1) is 23.2. The molecule has 3 rings (SSSR count). The van der Waals surface area contributed by atoms with Gasteiger partial charge in [-0.3, -0.25) is 19.4 Å². The minimum Gasteiger partial charge on any atom is -0.381 e. The van der Waals surface area contributed by atoms with Crippen LogP contribution in [0.5, 0.6) is 0 Å². The molecule has 0 aromatic carbocycles. The average molecular weight is 431 g/mol. The Kier molecular flexibility index (Phi) is 8.40. The summed E-state index contributed by atoms with van der Waals surface area (Å²) in [4.78, 5) is 45.9. The van der Waals surface area contributed by atoms with E-state index in [0.29, 0.717) is 32.7 Å². The summed E-state index contributed by atoms with van der Waals surface area (Å²) in [7, 11) is 3.52. The van der Waals surface area contributed by atoms with Gasteiger partial charge < -0.3 is 19.9 Å². The summed E-state index contributed by atoms with van der Waals surface area (Å²) in [5, 5.41) is 3.14. The van der Waals surface area contributed by atoms with E-state index in [9.17, 15) is 14.4 Å². The zero-order valence-electron chi connectivity index (χ0n) is 18.6. The lowest BCUT2D eigenvalue weighted by molar-refractivity contribution is -0.140. The third-order valence-corrected chi connectivity index (χ3v) is 6.25. The summed E-state index contributed by atoms with van der Waals surface area (Å²) >= 11 is 0. The maximum atomic E-state index is 13.1. The highest BCUT2D eigenvalue weighted by Crippen LogP contribution is 2.22. The van der Waals surface area contributed by atoms with Gasteiger partial charge in [-0.15, -0.1) is 0 Å². The molecule has 1 N–H and O–H groups in total. The van der Waals surface area contributed by atoms with Crippen LogP contribution in [0.4, 0.5) is 0 Å². The fourth-order valence-corrected chi connectivity index (χ4v) is 4.37. The molecule has 8 heteroatoms. The second kappa shape index (κ2) is 11.2. The maximum Gasteiger partial charge on any atom is 0.226 e. The molecule has 2 fully saturated rings. The fourth-order valence-electron chi connectivity index (χ4n) is 4.37. The van der Waals surface area contributed by atoms with Gasteiger partial charge in [0, 0.05) is 77.1 Å². The number of rotatable bonds is 5. The van der Waals surface area contributed by atoms with Gasteiger partial charge in [0.05, 0.1) is 0 Å². The molecule has 2 atom stereocenters. The van der Waals surface area contributed by atoms with Gasteiger partial charge >= 0.3 is 0 Å². The minimum atomic E-state index is -0.346. The summed E-state index contributed by atoms with van der Waals surface area (Å²) in [6.07, 6.45) is 7.32. The Morgan fingerprint density at radius 1 is 1.23 bits per heavy atom. The van der Waals surface area contributed by atoms with Gasteiger partial charge in [-0.05, 0) is 37.3 Å². The number of aromatic nitrogens is 1. The van der Waals surface area contributed by atoms with E-state index in [2.05, 4.69) is 10.3 Å². The highest BCUT2D eigenvalue weighted by atomic mass is 16.5. The molecule has 1 aromatic rings. The van der Waals surface area contributed by atoms with Crippen molar-refractivity contribution in [3.8, 4) is 0 Å². The third-order valence-electron chi connectivity index (χ3n) is 6.25. The number of likely N-dealkylation sites (N-methyl/N-ethyl adjacent to an activating group) is 1. The zero-order valence-corrected chi connectivity index (χ0v) is 18.6. The normalized spacial score (nSPS) is 23.4. The topological polar surface area (TPSA) is 91.8 Å². The van der Waals surface area contributed by atoms with Crippen LogP contribution in [0.15, 0.2) is 24.5 Å². The van der Waals surface area contributed by atoms with Gasteiger partial charge in [0.2, 0.25) is 17.7 Å². The van der Waals surface area contributed by atoms with Gasteiger partial charge in [0.15, 0.2) is 0 Å². The number of carbonyl (C=O) groups excluding carboxylic acids is 3. The molecular formula is C23H34N4O4. The first-order chi connectivity index (χ1) is 14.9. The molecule has 2 saturated heterocycles. The summed E-state index contributed by atoms with van der Waals surface area (Å²) in [5.41, 5.74) is 0.959. The number of hydrogen-bond donors (Lipinski definition) is 1.